The van der Waals surface area contributed by atoms with Gasteiger partial charge in [-0.25, -0.2) is 4.79 Å². The molecule has 0 radical (unpaired) electrons. The lowest BCUT2D eigenvalue weighted by molar-refractivity contribution is -0.384. The number of nitrogens with zero attached hydrogens (tertiary/aromatic N) is 1. The lowest BCUT2D eigenvalue weighted by atomic mass is 10.0. The van der Waals surface area contributed by atoms with Crippen molar-refractivity contribution in [1.82, 2.24) is 0 Å². The highest BCUT2D eigenvalue weighted by Crippen LogP contribution is 2.28. The van der Waals surface area contributed by atoms with E-state index in [2.05, 4.69) is 10.1 Å². The Morgan fingerprint density at radius 1 is 1.52 bits per heavy atom. The second-order valence-electron chi connectivity index (χ2n) is 5.03. The van der Waals surface area contributed by atoms with Gasteiger partial charge in [-0.2, -0.15) is 0 Å². The molecule has 1 N–H and O–H groups in total. The Labute approximate surface area is 122 Å². The summed E-state index contributed by atoms with van der Waals surface area (Å²) in [6.07, 6.45) is 1.64. The van der Waals surface area contributed by atoms with Crippen LogP contribution in [0.15, 0.2) is 18.2 Å². The number of nitro groups is 1. The van der Waals surface area contributed by atoms with E-state index >= 15 is 0 Å². The second-order valence-corrected chi connectivity index (χ2v) is 5.03. The number of nitro benzene ring substituents is 1. The van der Waals surface area contributed by atoms with Crippen molar-refractivity contribution in [2.24, 2.45) is 0 Å². The summed E-state index contributed by atoms with van der Waals surface area (Å²) in [5, 5.41) is 14.3. The van der Waals surface area contributed by atoms with E-state index in [1.807, 2.05) is 6.92 Å². The van der Waals surface area contributed by atoms with E-state index in [9.17, 15) is 14.9 Å². The molecule has 0 saturated carbocycles. The smallest absolute Gasteiger partial charge is 0.337 e. The maximum Gasteiger partial charge on any atom is 0.337 e. The Morgan fingerprint density at radius 3 is 2.90 bits per heavy atom. The number of ether oxygens (including phenoxy) is 2. The van der Waals surface area contributed by atoms with E-state index in [-0.39, 0.29) is 23.4 Å². The Bertz CT molecular complexity index is 546. The normalized spacial score (nSPS) is 21.6. The highest BCUT2D eigenvalue weighted by atomic mass is 16.6. The molecule has 0 spiro atoms. The van der Waals surface area contributed by atoms with Crippen LogP contribution < -0.4 is 5.32 Å². The second kappa shape index (κ2) is 6.53. The van der Waals surface area contributed by atoms with Crippen LogP contribution in [0.25, 0.3) is 0 Å². The quantitative estimate of drug-likeness (QED) is 0.521. The topological polar surface area (TPSA) is 90.7 Å². The molecule has 1 aliphatic rings. The molecule has 1 fully saturated rings. The van der Waals surface area contributed by atoms with Crippen LogP contribution in [0.1, 0.15) is 30.1 Å². The minimum Gasteiger partial charge on any atom is -0.465 e. The largest absolute Gasteiger partial charge is 0.465 e. The number of hydrogen-bond donors (Lipinski definition) is 1. The molecule has 21 heavy (non-hydrogen) atoms. The van der Waals surface area contributed by atoms with E-state index in [1.165, 1.54) is 25.3 Å². The number of carbonyl (C=O) groups excluding carboxylic acids is 1. The lowest BCUT2D eigenvalue weighted by Crippen LogP contribution is -2.32. The SMILES string of the molecule is COC(=O)c1ccc([N+](=O)[O-])c(NC2CCOC(C)C2)c1. The summed E-state index contributed by atoms with van der Waals surface area (Å²) in [6, 6.07) is 4.25. The van der Waals surface area contributed by atoms with E-state index in [1.54, 1.807) is 0 Å². The van der Waals surface area contributed by atoms with Crippen molar-refractivity contribution in [3.63, 3.8) is 0 Å². The molecule has 2 atom stereocenters. The van der Waals surface area contributed by atoms with Crippen molar-refractivity contribution in [2.75, 3.05) is 19.0 Å². The first-order valence-corrected chi connectivity index (χ1v) is 6.76. The molecule has 0 aromatic heterocycles. The molecule has 7 nitrogen and oxygen atoms in total. The molecular weight excluding hydrogens is 276 g/mol. The lowest BCUT2D eigenvalue weighted by Gasteiger charge is -2.28. The van der Waals surface area contributed by atoms with Gasteiger partial charge in [-0.15, -0.1) is 0 Å². The zero-order chi connectivity index (χ0) is 15.4. The average Bonchev–Trinajstić information content (AvgIpc) is 2.46. The third-order valence-corrected chi connectivity index (χ3v) is 3.46. The average molecular weight is 294 g/mol. The maximum absolute atomic E-state index is 11.6. The van der Waals surface area contributed by atoms with Gasteiger partial charge in [-0.05, 0) is 31.9 Å². The van der Waals surface area contributed by atoms with Crippen molar-refractivity contribution in [3.8, 4) is 0 Å². The summed E-state index contributed by atoms with van der Waals surface area (Å²) in [5.41, 5.74) is 0.564. The Hall–Kier alpha value is -2.15. The third-order valence-electron chi connectivity index (χ3n) is 3.46. The van der Waals surface area contributed by atoms with Gasteiger partial charge in [-0.3, -0.25) is 10.1 Å². The van der Waals surface area contributed by atoms with Crippen molar-refractivity contribution in [1.29, 1.82) is 0 Å². The number of hydrogen-bond acceptors (Lipinski definition) is 6. The molecule has 0 aliphatic carbocycles. The number of esters is 1. The van der Waals surface area contributed by atoms with E-state index in [0.717, 1.165) is 12.8 Å². The van der Waals surface area contributed by atoms with Crippen LogP contribution in [0.4, 0.5) is 11.4 Å². The highest BCUT2D eigenvalue weighted by molar-refractivity contribution is 5.91. The molecule has 1 aromatic rings. The molecule has 2 unspecified atom stereocenters. The number of nitrogens with one attached hydrogen (secondary N) is 1. The van der Waals surface area contributed by atoms with Crippen molar-refractivity contribution in [3.05, 3.63) is 33.9 Å². The zero-order valence-corrected chi connectivity index (χ0v) is 12.0. The van der Waals surface area contributed by atoms with Gasteiger partial charge in [0.2, 0.25) is 0 Å². The Kier molecular flexibility index (Phi) is 4.74. The molecule has 1 saturated heterocycles. The van der Waals surface area contributed by atoms with Gasteiger partial charge >= 0.3 is 5.97 Å². The summed E-state index contributed by atoms with van der Waals surface area (Å²) >= 11 is 0. The molecule has 7 heteroatoms. The summed E-state index contributed by atoms with van der Waals surface area (Å²) in [5.74, 6) is -0.520. The zero-order valence-electron chi connectivity index (χ0n) is 12.0. The van der Waals surface area contributed by atoms with Crippen LogP contribution in [-0.4, -0.2) is 36.8 Å². The van der Waals surface area contributed by atoms with Gasteiger partial charge in [0.15, 0.2) is 0 Å². The van der Waals surface area contributed by atoms with Gasteiger partial charge < -0.3 is 14.8 Å². The predicted octanol–water partition coefficient (Wildman–Crippen LogP) is 2.36. The first kappa shape index (κ1) is 15.2. The van der Waals surface area contributed by atoms with Crippen LogP contribution in [0.5, 0.6) is 0 Å². The van der Waals surface area contributed by atoms with E-state index in [4.69, 9.17) is 4.74 Å². The standard InChI is InChI=1S/C14H18N2O5/c1-9-7-11(5-6-21-9)15-12-8-10(14(17)20-2)3-4-13(12)16(18)19/h3-4,8-9,11,15H,5-7H2,1-2H3. The molecule has 0 bridgehead atoms. The van der Waals surface area contributed by atoms with Gasteiger partial charge in [-0.1, -0.05) is 0 Å². The van der Waals surface area contributed by atoms with Crippen LogP contribution in [0.2, 0.25) is 0 Å². The van der Waals surface area contributed by atoms with Crippen molar-refractivity contribution >= 4 is 17.3 Å². The van der Waals surface area contributed by atoms with Crippen molar-refractivity contribution < 1.29 is 19.2 Å². The van der Waals surface area contributed by atoms with Gasteiger partial charge in [0.25, 0.3) is 5.69 Å². The number of benzene rings is 1. The monoisotopic (exact) mass is 294 g/mol. The van der Waals surface area contributed by atoms with E-state index in [0.29, 0.717) is 12.3 Å². The summed E-state index contributed by atoms with van der Waals surface area (Å²) < 4.78 is 10.1. The molecule has 0 amide bonds. The van der Waals surface area contributed by atoms with Crippen LogP contribution in [0, 0.1) is 10.1 Å². The molecule has 1 aliphatic heterocycles. The van der Waals surface area contributed by atoms with Crippen molar-refractivity contribution in [2.45, 2.75) is 31.9 Å². The van der Waals surface area contributed by atoms with Gasteiger partial charge in [0, 0.05) is 18.7 Å². The maximum atomic E-state index is 11.6. The Morgan fingerprint density at radius 2 is 2.29 bits per heavy atom. The molecule has 1 aromatic carbocycles. The molecule has 2 rings (SSSR count). The minimum atomic E-state index is -0.520. The molecule has 114 valence electrons. The summed E-state index contributed by atoms with van der Waals surface area (Å²) in [6.45, 7) is 2.58. The van der Waals surface area contributed by atoms with Crippen LogP contribution >= 0.6 is 0 Å². The fraction of sp³-hybridized carbons (Fsp3) is 0.500. The third kappa shape index (κ3) is 3.69. The number of anilines is 1. The number of methoxy groups -OCH3 is 1. The predicted molar refractivity (Wildman–Crippen MR) is 76.5 cm³/mol. The molecule has 1 heterocycles. The van der Waals surface area contributed by atoms with Crippen LogP contribution in [0.3, 0.4) is 0 Å². The summed E-state index contributed by atoms with van der Waals surface area (Å²) in [4.78, 5) is 22.2. The van der Waals surface area contributed by atoms with Crippen LogP contribution in [-0.2, 0) is 9.47 Å². The Balaban J connectivity index is 2.25. The molecular formula is C14H18N2O5. The minimum absolute atomic E-state index is 0.0539. The number of carbonyl (C=O) groups is 1. The van der Waals surface area contributed by atoms with Gasteiger partial charge in [0.1, 0.15) is 5.69 Å². The first-order chi connectivity index (χ1) is 10.0. The fourth-order valence-corrected chi connectivity index (χ4v) is 2.40. The first-order valence-electron chi connectivity index (χ1n) is 6.76. The highest BCUT2D eigenvalue weighted by Gasteiger charge is 2.23. The fourth-order valence-electron chi connectivity index (χ4n) is 2.40. The number of rotatable bonds is 4. The summed E-state index contributed by atoms with van der Waals surface area (Å²) in [7, 11) is 1.27. The van der Waals surface area contributed by atoms with E-state index < -0.39 is 10.9 Å². The van der Waals surface area contributed by atoms with Gasteiger partial charge in [0.05, 0.1) is 23.7 Å².